The summed E-state index contributed by atoms with van der Waals surface area (Å²) in [6.45, 7) is 7.02. The van der Waals surface area contributed by atoms with Crippen molar-refractivity contribution >= 4 is 27.3 Å². The fraction of sp³-hybridized carbons (Fsp3) is 0.450. The molecule has 1 aliphatic rings. The van der Waals surface area contributed by atoms with E-state index in [0.29, 0.717) is 11.4 Å². The Kier molecular flexibility index (Phi) is 6.71. The number of aromatic nitrogens is 4. The maximum atomic E-state index is 9.47. The van der Waals surface area contributed by atoms with Gasteiger partial charge in [0.05, 0.1) is 36.9 Å². The third-order valence-corrected chi connectivity index (χ3v) is 6.51. The number of aliphatic hydroxyl groups excluding tert-OH is 1. The third-order valence-electron chi connectivity index (χ3n) is 4.88. The van der Waals surface area contributed by atoms with Gasteiger partial charge in [0, 0.05) is 30.5 Å². The summed E-state index contributed by atoms with van der Waals surface area (Å²) in [5.41, 5.74) is 2.04. The first-order valence-electron chi connectivity index (χ1n) is 9.68. The lowest BCUT2D eigenvalue weighted by Gasteiger charge is -2.26. The van der Waals surface area contributed by atoms with Crippen molar-refractivity contribution in [2.45, 2.75) is 26.5 Å². The molecule has 3 heterocycles. The van der Waals surface area contributed by atoms with Gasteiger partial charge in [0.15, 0.2) is 11.6 Å². The van der Waals surface area contributed by atoms with E-state index in [4.69, 9.17) is 14.8 Å². The molecule has 3 aromatic rings. The van der Waals surface area contributed by atoms with Crippen LogP contribution in [0.4, 0.5) is 0 Å². The number of hydrogen-bond donors (Lipinski definition) is 1. The van der Waals surface area contributed by atoms with Gasteiger partial charge in [0.25, 0.3) is 0 Å². The first-order chi connectivity index (χ1) is 14.1. The minimum atomic E-state index is -0.0572. The monoisotopic (exact) mass is 477 g/mol. The van der Waals surface area contributed by atoms with Crippen molar-refractivity contribution in [2.75, 3.05) is 32.8 Å². The van der Waals surface area contributed by atoms with Crippen LogP contribution in [0.5, 0.6) is 0 Å². The molecule has 0 bridgehead atoms. The van der Waals surface area contributed by atoms with Gasteiger partial charge < -0.3 is 9.84 Å². The number of rotatable bonds is 7. The van der Waals surface area contributed by atoms with Gasteiger partial charge in [-0.3, -0.25) is 4.90 Å². The summed E-state index contributed by atoms with van der Waals surface area (Å²) < 4.78 is 8.48. The summed E-state index contributed by atoms with van der Waals surface area (Å²) in [6.07, 6.45) is 0.668. The van der Waals surface area contributed by atoms with Gasteiger partial charge in [0.2, 0.25) is 0 Å². The standard InChI is InChI=1S/C20H24BrN5O2S/c1-14-19(29-18(13-27)22-14)20-23-17(12-15-3-2-4-16(21)11-15)24-26(20)6-5-25-7-9-28-10-8-25/h2-4,11,27H,5-10,12-13H2,1H3. The molecule has 0 spiro atoms. The molecule has 0 unspecified atom stereocenters. The Morgan fingerprint density at radius 3 is 2.76 bits per heavy atom. The molecule has 2 aromatic heterocycles. The third kappa shape index (κ3) is 5.10. The highest BCUT2D eigenvalue weighted by Gasteiger charge is 2.19. The van der Waals surface area contributed by atoms with Gasteiger partial charge >= 0.3 is 0 Å². The Balaban J connectivity index is 1.61. The van der Waals surface area contributed by atoms with Crippen LogP contribution in [0.1, 0.15) is 22.1 Å². The second kappa shape index (κ2) is 9.44. The first kappa shape index (κ1) is 20.6. The summed E-state index contributed by atoms with van der Waals surface area (Å²) in [5.74, 6) is 1.62. The minimum absolute atomic E-state index is 0.0572. The zero-order chi connectivity index (χ0) is 20.2. The molecule has 1 N–H and O–H groups in total. The van der Waals surface area contributed by atoms with E-state index in [9.17, 15) is 5.11 Å². The number of morpholine rings is 1. The van der Waals surface area contributed by atoms with Crippen molar-refractivity contribution in [3.8, 4) is 10.7 Å². The molecule has 7 nitrogen and oxygen atoms in total. The number of aliphatic hydroxyl groups is 1. The minimum Gasteiger partial charge on any atom is -0.389 e. The van der Waals surface area contributed by atoms with Gasteiger partial charge in [-0.25, -0.2) is 14.6 Å². The normalized spacial score (nSPS) is 15.1. The van der Waals surface area contributed by atoms with Gasteiger partial charge in [-0.1, -0.05) is 28.1 Å². The highest BCUT2D eigenvalue weighted by Crippen LogP contribution is 2.29. The van der Waals surface area contributed by atoms with E-state index in [1.807, 2.05) is 23.7 Å². The molecule has 154 valence electrons. The molecule has 1 aliphatic heterocycles. The summed E-state index contributed by atoms with van der Waals surface area (Å²) in [7, 11) is 0. The molecule has 0 radical (unpaired) electrons. The first-order valence-corrected chi connectivity index (χ1v) is 11.3. The summed E-state index contributed by atoms with van der Waals surface area (Å²) in [4.78, 5) is 12.7. The number of ether oxygens (including phenoxy) is 1. The highest BCUT2D eigenvalue weighted by atomic mass is 79.9. The average Bonchev–Trinajstić information content (AvgIpc) is 3.29. The Morgan fingerprint density at radius 1 is 1.21 bits per heavy atom. The van der Waals surface area contributed by atoms with E-state index < -0.39 is 0 Å². The summed E-state index contributed by atoms with van der Waals surface area (Å²) in [6, 6.07) is 8.22. The van der Waals surface area contributed by atoms with E-state index >= 15 is 0 Å². The van der Waals surface area contributed by atoms with Crippen molar-refractivity contribution in [1.82, 2.24) is 24.6 Å². The molecule has 1 aromatic carbocycles. The van der Waals surface area contributed by atoms with Crippen LogP contribution in [0.15, 0.2) is 28.7 Å². The predicted molar refractivity (Wildman–Crippen MR) is 116 cm³/mol. The van der Waals surface area contributed by atoms with Crippen LogP contribution in [0.2, 0.25) is 0 Å². The maximum absolute atomic E-state index is 9.47. The second-order valence-electron chi connectivity index (χ2n) is 7.02. The van der Waals surface area contributed by atoms with E-state index in [-0.39, 0.29) is 6.61 Å². The second-order valence-corrected chi connectivity index (χ2v) is 9.02. The largest absolute Gasteiger partial charge is 0.389 e. The van der Waals surface area contributed by atoms with Gasteiger partial charge in [-0.05, 0) is 24.6 Å². The smallest absolute Gasteiger partial charge is 0.170 e. The number of nitrogens with zero attached hydrogens (tertiary/aromatic N) is 5. The predicted octanol–water partition coefficient (Wildman–Crippen LogP) is 2.89. The number of benzene rings is 1. The van der Waals surface area contributed by atoms with Crippen LogP contribution < -0.4 is 0 Å². The summed E-state index contributed by atoms with van der Waals surface area (Å²) in [5, 5.41) is 15.0. The van der Waals surface area contributed by atoms with Crippen LogP contribution in [-0.4, -0.2) is 62.6 Å². The van der Waals surface area contributed by atoms with E-state index in [2.05, 4.69) is 37.9 Å². The zero-order valence-corrected chi connectivity index (χ0v) is 18.7. The van der Waals surface area contributed by atoms with Crippen LogP contribution >= 0.6 is 27.3 Å². The summed E-state index contributed by atoms with van der Waals surface area (Å²) >= 11 is 5.01. The molecule has 9 heteroatoms. The molecular formula is C20H24BrN5O2S. The topological polar surface area (TPSA) is 76.3 Å². The van der Waals surface area contributed by atoms with E-state index in [1.54, 1.807) is 0 Å². The molecule has 29 heavy (non-hydrogen) atoms. The van der Waals surface area contributed by atoms with E-state index in [0.717, 1.165) is 71.6 Å². The SMILES string of the molecule is Cc1nc(CO)sc1-c1nc(Cc2cccc(Br)c2)nn1CCN1CCOCC1. The van der Waals surface area contributed by atoms with Crippen molar-refractivity contribution in [2.24, 2.45) is 0 Å². The Morgan fingerprint density at radius 2 is 2.03 bits per heavy atom. The molecule has 1 fully saturated rings. The van der Waals surface area contributed by atoms with Crippen LogP contribution in [0, 0.1) is 6.92 Å². The van der Waals surface area contributed by atoms with Crippen LogP contribution in [0.3, 0.4) is 0 Å². The highest BCUT2D eigenvalue weighted by molar-refractivity contribution is 9.10. The zero-order valence-electron chi connectivity index (χ0n) is 16.3. The fourth-order valence-electron chi connectivity index (χ4n) is 3.41. The van der Waals surface area contributed by atoms with Crippen molar-refractivity contribution in [1.29, 1.82) is 0 Å². The lowest BCUT2D eigenvalue weighted by atomic mass is 10.1. The Labute approximate surface area is 182 Å². The quantitative estimate of drug-likeness (QED) is 0.563. The number of thiazole rings is 1. The van der Waals surface area contributed by atoms with Crippen molar-refractivity contribution in [3.63, 3.8) is 0 Å². The molecule has 0 saturated carbocycles. The van der Waals surface area contributed by atoms with Crippen molar-refractivity contribution in [3.05, 3.63) is 50.8 Å². The van der Waals surface area contributed by atoms with Gasteiger partial charge in [-0.2, -0.15) is 5.10 Å². The Bertz CT molecular complexity index is 968. The Hall–Kier alpha value is -1.65. The molecule has 0 amide bonds. The van der Waals surface area contributed by atoms with Crippen LogP contribution in [-0.2, 0) is 24.3 Å². The molecular weight excluding hydrogens is 454 g/mol. The average molecular weight is 478 g/mol. The number of halogens is 1. The van der Waals surface area contributed by atoms with Crippen molar-refractivity contribution < 1.29 is 9.84 Å². The molecule has 4 rings (SSSR count). The molecule has 0 aliphatic carbocycles. The lowest BCUT2D eigenvalue weighted by Crippen LogP contribution is -2.38. The van der Waals surface area contributed by atoms with Gasteiger partial charge in [0.1, 0.15) is 5.01 Å². The van der Waals surface area contributed by atoms with Gasteiger partial charge in [-0.15, -0.1) is 11.3 Å². The number of hydrogen-bond acceptors (Lipinski definition) is 7. The maximum Gasteiger partial charge on any atom is 0.170 e. The van der Waals surface area contributed by atoms with E-state index in [1.165, 1.54) is 11.3 Å². The fourth-order valence-corrected chi connectivity index (χ4v) is 4.77. The number of aryl methyl sites for hydroxylation is 1. The molecule has 0 atom stereocenters. The van der Waals surface area contributed by atoms with Crippen LogP contribution in [0.25, 0.3) is 10.7 Å². The lowest BCUT2D eigenvalue weighted by molar-refractivity contribution is 0.0360. The molecule has 1 saturated heterocycles.